The van der Waals surface area contributed by atoms with Crippen LogP contribution in [0.4, 0.5) is 5.69 Å². The second-order valence-electron chi connectivity index (χ2n) is 12.2. The van der Waals surface area contributed by atoms with Gasteiger partial charge in [-0.1, -0.05) is 48.7 Å². The number of hydrogen-bond acceptors (Lipinski definition) is 6. The van der Waals surface area contributed by atoms with Crippen LogP contribution < -0.4 is 4.90 Å². The zero-order chi connectivity index (χ0) is 31.9. The van der Waals surface area contributed by atoms with Crippen LogP contribution in [-0.2, 0) is 31.1 Å². The molecule has 12 heteroatoms. The van der Waals surface area contributed by atoms with E-state index in [-0.39, 0.29) is 17.6 Å². The number of hydrogen-bond donors (Lipinski definition) is 0. The fraction of sp³-hybridized carbons (Fsp3) is 0.594. The Morgan fingerprint density at radius 3 is 2.14 bits per heavy atom. The highest BCUT2D eigenvalue weighted by Crippen LogP contribution is 2.30. The van der Waals surface area contributed by atoms with Gasteiger partial charge < -0.3 is 9.80 Å². The summed E-state index contributed by atoms with van der Waals surface area (Å²) in [7, 11) is -6.47. The predicted octanol–water partition coefficient (Wildman–Crippen LogP) is 5.92. The number of halogens is 2. The molecule has 2 saturated heterocycles. The molecule has 0 atom stereocenters. The van der Waals surface area contributed by atoms with Crippen molar-refractivity contribution in [3.63, 3.8) is 0 Å². The van der Waals surface area contributed by atoms with Crippen molar-refractivity contribution >= 4 is 54.7 Å². The zero-order valence-electron chi connectivity index (χ0n) is 25.8. The van der Waals surface area contributed by atoms with E-state index in [1.54, 1.807) is 29.2 Å². The number of carbonyl (C=O) groups is 1. The number of carbonyl (C=O) groups excluding carboxylic acids is 1. The van der Waals surface area contributed by atoms with Gasteiger partial charge in [-0.25, -0.2) is 21.1 Å². The average Bonchev–Trinajstić information content (AvgIpc) is 3.00. The van der Waals surface area contributed by atoms with E-state index in [1.807, 2.05) is 25.1 Å². The van der Waals surface area contributed by atoms with Gasteiger partial charge in [0.2, 0.25) is 15.9 Å². The van der Waals surface area contributed by atoms with Gasteiger partial charge in [0, 0.05) is 31.2 Å². The first-order valence-corrected chi connectivity index (χ1v) is 19.9. The Morgan fingerprint density at radius 1 is 0.886 bits per heavy atom. The lowest BCUT2D eigenvalue weighted by Crippen LogP contribution is -2.45. The highest BCUT2D eigenvalue weighted by molar-refractivity contribution is 7.91. The quantitative estimate of drug-likeness (QED) is 0.260. The molecular weight excluding hydrogens is 641 g/mol. The minimum absolute atomic E-state index is 0.000527. The molecule has 0 spiro atoms. The van der Waals surface area contributed by atoms with Crippen molar-refractivity contribution in [1.29, 1.82) is 0 Å². The molecule has 2 aromatic rings. The zero-order valence-corrected chi connectivity index (χ0v) is 28.9. The summed E-state index contributed by atoms with van der Waals surface area (Å²) < 4.78 is 50.3. The number of amides is 1. The minimum atomic E-state index is -3.27. The normalized spacial score (nSPS) is 18.0. The lowest BCUT2D eigenvalue weighted by atomic mass is 9.90. The summed E-state index contributed by atoms with van der Waals surface area (Å²) in [5.41, 5.74) is 1.88. The maximum Gasteiger partial charge on any atom is 0.230 e. The van der Waals surface area contributed by atoms with Crippen LogP contribution in [0.25, 0.3) is 0 Å². The van der Waals surface area contributed by atoms with E-state index in [4.69, 9.17) is 23.2 Å². The van der Waals surface area contributed by atoms with Crippen molar-refractivity contribution in [1.82, 2.24) is 9.21 Å². The monoisotopic (exact) mass is 685 g/mol. The fourth-order valence-corrected chi connectivity index (χ4v) is 8.78. The first kappa shape index (κ1) is 35.2. The summed E-state index contributed by atoms with van der Waals surface area (Å²) in [4.78, 5) is 18.4. The Bertz CT molecular complexity index is 1470. The van der Waals surface area contributed by atoms with Crippen LogP contribution in [0.2, 0.25) is 10.0 Å². The standard InChI is InChI=1S/C32H45Cl2N3O5S2/c1-3-4-22-44(41,42)29-9-6-25(7-10-29)23-26-12-18-35(19-13-26)16-5-17-37(28-8-11-30(33)31(34)24-28)32(38)27-14-20-36(21-15-27)43(2,39)40/h6-11,24,26-27H,3-5,12-23H2,1-2H3. The van der Waals surface area contributed by atoms with Crippen LogP contribution in [0.15, 0.2) is 47.4 Å². The number of anilines is 1. The molecule has 2 fully saturated rings. The number of benzene rings is 2. The van der Waals surface area contributed by atoms with E-state index < -0.39 is 19.9 Å². The number of sulfonamides is 1. The molecule has 0 unspecified atom stereocenters. The van der Waals surface area contributed by atoms with Crippen molar-refractivity contribution in [3.05, 3.63) is 58.1 Å². The van der Waals surface area contributed by atoms with Gasteiger partial charge >= 0.3 is 0 Å². The average molecular weight is 687 g/mol. The van der Waals surface area contributed by atoms with Crippen molar-refractivity contribution in [2.24, 2.45) is 11.8 Å². The maximum atomic E-state index is 13.7. The molecule has 0 radical (unpaired) electrons. The van der Waals surface area contributed by atoms with Crippen molar-refractivity contribution in [2.75, 3.05) is 56.2 Å². The Hall–Kier alpha value is -1.69. The number of unbranched alkanes of at least 4 members (excludes halogenated alkanes) is 1. The Kier molecular flexibility index (Phi) is 12.6. The molecule has 2 aromatic carbocycles. The van der Waals surface area contributed by atoms with Crippen molar-refractivity contribution < 1.29 is 21.6 Å². The third kappa shape index (κ3) is 9.66. The van der Waals surface area contributed by atoms with Gasteiger partial charge in [0.15, 0.2) is 9.84 Å². The molecule has 0 bridgehead atoms. The molecule has 0 N–H and O–H groups in total. The van der Waals surface area contributed by atoms with E-state index in [0.29, 0.717) is 65.4 Å². The second kappa shape index (κ2) is 15.7. The summed E-state index contributed by atoms with van der Waals surface area (Å²) in [6, 6.07) is 12.7. The minimum Gasteiger partial charge on any atom is -0.312 e. The molecule has 2 heterocycles. The topological polar surface area (TPSA) is 95.1 Å². The van der Waals surface area contributed by atoms with Crippen LogP contribution in [-0.4, -0.2) is 83.2 Å². The third-order valence-corrected chi connectivity index (χ3v) is 12.7. The molecule has 1 amide bonds. The third-order valence-electron chi connectivity index (χ3n) is 8.89. The molecule has 0 aliphatic carbocycles. The maximum absolute atomic E-state index is 13.7. The molecule has 8 nitrogen and oxygen atoms in total. The Morgan fingerprint density at radius 2 is 1.55 bits per heavy atom. The van der Waals surface area contributed by atoms with Crippen LogP contribution in [0, 0.1) is 11.8 Å². The summed E-state index contributed by atoms with van der Waals surface area (Å²) in [6.45, 7) is 6.07. The van der Waals surface area contributed by atoms with Gasteiger partial charge in [-0.3, -0.25) is 4.79 Å². The highest BCUT2D eigenvalue weighted by atomic mass is 35.5. The second-order valence-corrected chi connectivity index (χ2v) is 17.1. The number of nitrogens with zero attached hydrogens (tertiary/aromatic N) is 3. The smallest absolute Gasteiger partial charge is 0.230 e. The van der Waals surface area contributed by atoms with E-state index in [0.717, 1.165) is 51.7 Å². The van der Waals surface area contributed by atoms with Crippen LogP contribution in [0.5, 0.6) is 0 Å². The lowest BCUT2D eigenvalue weighted by molar-refractivity contribution is -0.123. The Labute approximate surface area is 273 Å². The number of sulfone groups is 1. The number of piperidine rings is 2. The van der Waals surface area contributed by atoms with Crippen LogP contribution >= 0.6 is 23.2 Å². The fourth-order valence-electron chi connectivity index (χ4n) is 6.16. The summed E-state index contributed by atoms with van der Waals surface area (Å²) >= 11 is 12.5. The highest BCUT2D eigenvalue weighted by Gasteiger charge is 2.32. The summed E-state index contributed by atoms with van der Waals surface area (Å²) in [6.07, 6.45) is 7.63. The van der Waals surface area contributed by atoms with Crippen molar-refractivity contribution in [2.45, 2.75) is 63.2 Å². The number of rotatable bonds is 13. The van der Waals surface area contributed by atoms with Crippen molar-refractivity contribution in [3.8, 4) is 0 Å². The molecule has 4 rings (SSSR count). The first-order valence-electron chi connectivity index (χ1n) is 15.6. The van der Waals surface area contributed by atoms with Gasteiger partial charge in [-0.15, -0.1) is 0 Å². The molecule has 244 valence electrons. The first-order chi connectivity index (χ1) is 20.9. The van der Waals surface area contributed by atoms with E-state index in [9.17, 15) is 21.6 Å². The molecule has 2 aliphatic heterocycles. The number of likely N-dealkylation sites (tertiary alicyclic amines) is 1. The van der Waals surface area contributed by atoms with Crippen LogP contribution in [0.1, 0.15) is 57.4 Å². The largest absolute Gasteiger partial charge is 0.312 e. The molecule has 0 aromatic heterocycles. The van der Waals surface area contributed by atoms with Gasteiger partial charge in [-0.05, 0) is 106 Å². The van der Waals surface area contributed by atoms with E-state index >= 15 is 0 Å². The molecule has 2 aliphatic rings. The summed E-state index contributed by atoms with van der Waals surface area (Å²) in [5, 5.41) is 0.823. The van der Waals surface area contributed by atoms with Gasteiger partial charge in [0.25, 0.3) is 0 Å². The van der Waals surface area contributed by atoms with Gasteiger partial charge in [0.05, 0.1) is 26.9 Å². The van der Waals surface area contributed by atoms with Gasteiger partial charge in [0.1, 0.15) is 0 Å². The van der Waals surface area contributed by atoms with E-state index in [2.05, 4.69) is 4.90 Å². The summed E-state index contributed by atoms with van der Waals surface area (Å²) in [5.74, 6) is 0.509. The molecule has 0 saturated carbocycles. The molecular formula is C32H45Cl2N3O5S2. The van der Waals surface area contributed by atoms with E-state index in [1.165, 1.54) is 16.1 Å². The lowest BCUT2D eigenvalue weighted by Gasteiger charge is -2.35. The SMILES string of the molecule is CCCCS(=O)(=O)c1ccc(CC2CCN(CCCN(C(=O)C3CCN(S(C)(=O)=O)CC3)c3ccc(Cl)c(Cl)c3)CC2)cc1. The van der Waals surface area contributed by atoms with Gasteiger partial charge in [-0.2, -0.15) is 0 Å². The Balaban J connectivity index is 1.28. The molecule has 44 heavy (non-hydrogen) atoms. The van der Waals surface area contributed by atoms with Crippen LogP contribution in [0.3, 0.4) is 0 Å². The predicted molar refractivity (Wildman–Crippen MR) is 179 cm³/mol.